The molecule has 6 nitrogen and oxygen atoms in total. The molecule has 1 atom stereocenters. The number of carbonyl (C=O) groups excluding carboxylic acids is 1. The van der Waals surface area contributed by atoms with Crippen LogP contribution in [0.3, 0.4) is 0 Å². The molecule has 0 saturated heterocycles. The van der Waals surface area contributed by atoms with E-state index < -0.39 is 6.10 Å². The van der Waals surface area contributed by atoms with Crippen molar-refractivity contribution >= 4 is 34.3 Å². The number of hydrogen-bond donors (Lipinski definition) is 3. The van der Waals surface area contributed by atoms with Crippen molar-refractivity contribution in [3.8, 4) is 0 Å². The van der Waals surface area contributed by atoms with Crippen LogP contribution >= 0.6 is 0 Å². The summed E-state index contributed by atoms with van der Waals surface area (Å²) in [7, 11) is 1.82. The number of anilines is 2. The molecule has 26 heavy (non-hydrogen) atoms. The SMILES string of the molecule is CNc1cccc(N(CC(C)O)C(=O)/C=C/c2n[nH]c3ccccc23)c1. The van der Waals surface area contributed by atoms with E-state index in [1.165, 1.54) is 6.08 Å². The van der Waals surface area contributed by atoms with Crippen molar-refractivity contribution in [2.45, 2.75) is 13.0 Å². The van der Waals surface area contributed by atoms with E-state index in [-0.39, 0.29) is 12.5 Å². The van der Waals surface area contributed by atoms with Crippen molar-refractivity contribution in [1.82, 2.24) is 10.2 Å². The molecule has 1 unspecified atom stereocenters. The van der Waals surface area contributed by atoms with Gasteiger partial charge in [0.2, 0.25) is 0 Å². The van der Waals surface area contributed by atoms with Gasteiger partial charge in [0.05, 0.1) is 23.9 Å². The highest BCUT2D eigenvalue weighted by molar-refractivity contribution is 6.05. The predicted octanol–water partition coefficient (Wildman–Crippen LogP) is 3.03. The monoisotopic (exact) mass is 350 g/mol. The van der Waals surface area contributed by atoms with E-state index in [2.05, 4.69) is 15.5 Å². The largest absolute Gasteiger partial charge is 0.392 e. The number of benzene rings is 2. The summed E-state index contributed by atoms with van der Waals surface area (Å²) < 4.78 is 0. The van der Waals surface area contributed by atoms with Gasteiger partial charge in [-0.25, -0.2) is 0 Å². The summed E-state index contributed by atoms with van der Waals surface area (Å²) >= 11 is 0. The minimum atomic E-state index is -0.642. The molecule has 0 saturated carbocycles. The molecule has 1 aromatic heterocycles. The second-order valence-electron chi connectivity index (χ2n) is 6.09. The average Bonchev–Trinajstić information content (AvgIpc) is 3.07. The molecule has 134 valence electrons. The first-order chi connectivity index (χ1) is 12.6. The zero-order valence-corrected chi connectivity index (χ0v) is 14.8. The third-order valence-electron chi connectivity index (χ3n) is 4.04. The summed E-state index contributed by atoms with van der Waals surface area (Å²) in [6.45, 7) is 1.87. The van der Waals surface area contributed by atoms with E-state index in [4.69, 9.17) is 0 Å². The van der Waals surface area contributed by atoms with Gasteiger partial charge in [-0.1, -0.05) is 24.3 Å². The Balaban J connectivity index is 1.87. The summed E-state index contributed by atoms with van der Waals surface area (Å²) in [5.74, 6) is -0.216. The number of aliphatic hydroxyl groups excluding tert-OH is 1. The number of fused-ring (bicyclic) bond motifs is 1. The number of nitrogens with one attached hydrogen (secondary N) is 2. The van der Waals surface area contributed by atoms with Crippen LogP contribution in [0.5, 0.6) is 0 Å². The molecule has 0 radical (unpaired) electrons. The number of nitrogens with zero attached hydrogens (tertiary/aromatic N) is 2. The molecule has 1 heterocycles. The maximum atomic E-state index is 12.8. The van der Waals surface area contributed by atoms with Crippen LogP contribution in [0.1, 0.15) is 12.6 Å². The number of para-hydroxylation sites is 1. The lowest BCUT2D eigenvalue weighted by molar-refractivity contribution is -0.114. The van der Waals surface area contributed by atoms with E-state index in [0.717, 1.165) is 22.3 Å². The lowest BCUT2D eigenvalue weighted by Gasteiger charge is -2.23. The van der Waals surface area contributed by atoms with Gasteiger partial charge in [-0.2, -0.15) is 5.10 Å². The molecule has 0 bridgehead atoms. The first-order valence-electron chi connectivity index (χ1n) is 8.47. The zero-order valence-electron chi connectivity index (χ0n) is 14.8. The Morgan fingerprint density at radius 2 is 2.12 bits per heavy atom. The Morgan fingerprint density at radius 1 is 1.31 bits per heavy atom. The molecular formula is C20H22N4O2. The van der Waals surface area contributed by atoms with Crippen LogP contribution in [0, 0.1) is 0 Å². The molecule has 0 aliphatic heterocycles. The molecule has 3 rings (SSSR count). The Hall–Kier alpha value is -3.12. The van der Waals surface area contributed by atoms with Crippen molar-refractivity contribution in [1.29, 1.82) is 0 Å². The summed E-state index contributed by atoms with van der Waals surface area (Å²) in [5.41, 5.74) is 3.24. The number of amides is 1. The number of carbonyl (C=O) groups is 1. The third kappa shape index (κ3) is 3.92. The van der Waals surface area contributed by atoms with Crippen molar-refractivity contribution in [2.24, 2.45) is 0 Å². The van der Waals surface area contributed by atoms with E-state index in [1.807, 2.05) is 55.6 Å². The standard InChI is InChI=1S/C20H22N4O2/c1-14(25)13-24(16-7-5-6-15(12-16)21-2)20(26)11-10-19-17-8-3-4-9-18(17)22-23-19/h3-12,14,21,25H,13H2,1-2H3,(H,22,23)/b11-10+. The molecule has 2 aromatic carbocycles. The second-order valence-corrected chi connectivity index (χ2v) is 6.09. The van der Waals surface area contributed by atoms with Gasteiger partial charge in [-0.05, 0) is 37.3 Å². The van der Waals surface area contributed by atoms with Crippen LogP contribution in [0.25, 0.3) is 17.0 Å². The Morgan fingerprint density at radius 3 is 2.88 bits per heavy atom. The van der Waals surface area contributed by atoms with Crippen molar-refractivity contribution in [3.63, 3.8) is 0 Å². The third-order valence-corrected chi connectivity index (χ3v) is 4.04. The average molecular weight is 350 g/mol. The molecule has 1 amide bonds. The Labute approximate surface area is 152 Å². The highest BCUT2D eigenvalue weighted by atomic mass is 16.3. The van der Waals surface area contributed by atoms with Gasteiger partial charge < -0.3 is 15.3 Å². The molecule has 0 aliphatic rings. The van der Waals surface area contributed by atoms with Gasteiger partial charge in [0.15, 0.2) is 0 Å². The maximum absolute atomic E-state index is 12.8. The van der Waals surface area contributed by atoms with Crippen molar-refractivity contribution in [2.75, 3.05) is 23.8 Å². The van der Waals surface area contributed by atoms with Crippen LogP contribution in [-0.4, -0.2) is 40.9 Å². The fraction of sp³-hybridized carbons (Fsp3) is 0.200. The minimum Gasteiger partial charge on any atom is -0.392 e. The Bertz CT molecular complexity index is 930. The topological polar surface area (TPSA) is 81.2 Å². The molecule has 3 aromatic rings. The van der Waals surface area contributed by atoms with E-state index in [0.29, 0.717) is 5.69 Å². The van der Waals surface area contributed by atoms with Gasteiger partial charge in [-0.15, -0.1) is 0 Å². The normalized spacial score (nSPS) is 12.4. The smallest absolute Gasteiger partial charge is 0.251 e. The minimum absolute atomic E-state index is 0.206. The van der Waals surface area contributed by atoms with Crippen LogP contribution < -0.4 is 10.2 Å². The molecule has 0 aliphatic carbocycles. The molecular weight excluding hydrogens is 328 g/mol. The lowest BCUT2D eigenvalue weighted by atomic mass is 10.2. The fourth-order valence-electron chi connectivity index (χ4n) is 2.77. The first-order valence-corrected chi connectivity index (χ1v) is 8.47. The fourth-order valence-corrected chi connectivity index (χ4v) is 2.77. The van der Waals surface area contributed by atoms with Crippen LogP contribution in [0.15, 0.2) is 54.6 Å². The quantitative estimate of drug-likeness (QED) is 0.597. The number of hydrogen-bond acceptors (Lipinski definition) is 4. The molecule has 0 fully saturated rings. The first kappa shape index (κ1) is 17.7. The number of aromatic nitrogens is 2. The molecule has 0 spiro atoms. The van der Waals surface area contributed by atoms with Gasteiger partial charge >= 0.3 is 0 Å². The maximum Gasteiger partial charge on any atom is 0.251 e. The number of H-pyrrole nitrogens is 1. The highest BCUT2D eigenvalue weighted by Gasteiger charge is 2.16. The van der Waals surface area contributed by atoms with E-state index in [9.17, 15) is 9.90 Å². The zero-order chi connectivity index (χ0) is 18.5. The van der Waals surface area contributed by atoms with E-state index >= 15 is 0 Å². The van der Waals surface area contributed by atoms with Gasteiger partial charge in [0, 0.05) is 29.9 Å². The lowest BCUT2D eigenvalue weighted by Crippen LogP contribution is -2.35. The predicted molar refractivity (Wildman–Crippen MR) is 105 cm³/mol. The van der Waals surface area contributed by atoms with E-state index in [1.54, 1.807) is 17.9 Å². The van der Waals surface area contributed by atoms with Crippen molar-refractivity contribution in [3.05, 3.63) is 60.3 Å². The molecule has 6 heteroatoms. The van der Waals surface area contributed by atoms with Crippen LogP contribution in [0.4, 0.5) is 11.4 Å². The number of aromatic amines is 1. The molecule has 3 N–H and O–H groups in total. The van der Waals surface area contributed by atoms with Gasteiger partial charge in [-0.3, -0.25) is 9.89 Å². The number of aliphatic hydroxyl groups is 1. The van der Waals surface area contributed by atoms with Crippen LogP contribution in [0.2, 0.25) is 0 Å². The highest BCUT2D eigenvalue weighted by Crippen LogP contribution is 2.21. The van der Waals surface area contributed by atoms with Crippen LogP contribution in [-0.2, 0) is 4.79 Å². The summed E-state index contributed by atoms with van der Waals surface area (Å²) in [6, 6.07) is 15.3. The summed E-state index contributed by atoms with van der Waals surface area (Å²) in [6.07, 6.45) is 2.53. The number of rotatable bonds is 6. The van der Waals surface area contributed by atoms with Gasteiger partial charge in [0.25, 0.3) is 5.91 Å². The van der Waals surface area contributed by atoms with Gasteiger partial charge in [0.1, 0.15) is 0 Å². The summed E-state index contributed by atoms with van der Waals surface area (Å²) in [5, 5.41) is 21.0. The second kappa shape index (κ2) is 7.84. The Kier molecular flexibility index (Phi) is 5.34. The summed E-state index contributed by atoms with van der Waals surface area (Å²) in [4.78, 5) is 14.3. The van der Waals surface area contributed by atoms with Crippen molar-refractivity contribution < 1.29 is 9.90 Å².